The molecule has 4 heteroatoms. The lowest BCUT2D eigenvalue weighted by Crippen LogP contribution is -2.22. The van der Waals surface area contributed by atoms with Gasteiger partial charge in [-0.25, -0.2) is 8.78 Å². The van der Waals surface area contributed by atoms with Crippen molar-refractivity contribution in [1.29, 1.82) is 0 Å². The lowest BCUT2D eigenvalue weighted by molar-refractivity contribution is 0.0951. The van der Waals surface area contributed by atoms with Crippen molar-refractivity contribution in [2.24, 2.45) is 0 Å². The molecule has 2 aromatic carbocycles. The molecule has 2 aromatic rings. The SMILES string of the molecule is O=C(NCc1cccc(F)c1)c1ccc(F)cc1. The summed E-state index contributed by atoms with van der Waals surface area (Å²) in [5, 5.41) is 2.63. The van der Waals surface area contributed by atoms with Crippen LogP contribution in [-0.2, 0) is 6.54 Å². The van der Waals surface area contributed by atoms with Crippen LogP contribution in [0.3, 0.4) is 0 Å². The maximum Gasteiger partial charge on any atom is 0.251 e. The second-order valence-electron chi connectivity index (χ2n) is 3.82. The Kier molecular flexibility index (Phi) is 3.67. The van der Waals surface area contributed by atoms with Crippen molar-refractivity contribution < 1.29 is 13.6 Å². The molecule has 0 aliphatic heterocycles. The van der Waals surface area contributed by atoms with Gasteiger partial charge in [-0.3, -0.25) is 4.79 Å². The Hall–Kier alpha value is -2.23. The number of halogens is 2. The van der Waals surface area contributed by atoms with Gasteiger partial charge >= 0.3 is 0 Å². The van der Waals surface area contributed by atoms with Crippen molar-refractivity contribution in [3.8, 4) is 0 Å². The van der Waals surface area contributed by atoms with Crippen LogP contribution in [0.4, 0.5) is 8.78 Å². The highest BCUT2D eigenvalue weighted by atomic mass is 19.1. The Balaban J connectivity index is 1.98. The number of carbonyl (C=O) groups excluding carboxylic acids is 1. The zero-order chi connectivity index (χ0) is 13.0. The standard InChI is InChI=1S/C14H11F2NO/c15-12-6-4-11(5-7-12)14(18)17-9-10-2-1-3-13(16)8-10/h1-8H,9H2,(H,17,18). The van der Waals surface area contributed by atoms with Crippen LogP contribution in [0.1, 0.15) is 15.9 Å². The van der Waals surface area contributed by atoms with Gasteiger partial charge in [0.15, 0.2) is 0 Å². The molecule has 2 nitrogen and oxygen atoms in total. The first kappa shape index (κ1) is 12.2. The van der Waals surface area contributed by atoms with Gasteiger partial charge in [0.1, 0.15) is 11.6 Å². The smallest absolute Gasteiger partial charge is 0.251 e. The molecule has 0 spiro atoms. The second-order valence-corrected chi connectivity index (χ2v) is 3.82. The maximum absolute atomic E-state index is 12.9. The fourth-order valence-corrected chi connectivity index (χ4v) is 1.53. The van der Waals surface area contributed by atoms with Crippen molar-refractivity contribution >= 4 is 5.91 Å². The zero-order valence-electron chi connectivity index (χ0n) is 9.49. The van der Waals surface area contributed by atoms with Crippen LogP contribution >= 0.6 is 0 Å². The van der Waals surface area contributed by atoms with E-state index in [2.05, 4.69) is 5.32 Å². The van der Waals surface area contributed by atoms with Crippen LogP contribution < -0.4 is 5.32 Å². The highest BCUT2D eigenvalue weighted by Crippen LogP contribution is 2.05. The Bertz CT molecular complexity index is 552. The molecule has 0 saturated heterocycles. The first-order valence-electron chi connectivity index (χ1n) is 5.43. The molecule has 92 valence electrons. The normalized spacial score (nSPS) is 10.1. The zero-order valence-corrected chi connectivity index (χ0v) is 9.49. The fourth-order valence-electron chi connectivity index (χ4n) is 1.53. The van der Waals surface area contributed by atoms with Gasteiger partial charge in [-0.1, -0.05) is 12.1 Å². The molecular weight excluding hydrogens is 236 g/mol. The molecule has 0 unspecified atom stereocenters. The lowest BCUT2D eigenvalue weighted by atomic mass is 10.2. The summed E-state index contributed by atoms with van der Waals surface area (Å²) in [6.07, 6.45) is 0. The van der Waals surface area contributed by atoms with Gasteiger partial charge < -0.3 is 5.32 Å². The molecule has 0 bridgehead atoms. The summed E-state index contributed by atoms with van der Waals surface area (Å²) in [4.78, 5) is 11.7. The van der Waals surface area contributed by atoms with Crippen LogP contribution in [0, 0.1) is 11.6 Å². The van der Waals surface area contributed by atoms with Crippen LogP contribution in [-0.4, -0.2) is 5.91 Å². The minimum atomic E-state index is -0.392. The summed E-state index contributed by atoms with van der Waals surface area (Å²) < 4.78 is 25.6. The summed E-state index contributed by atoms with van der Waals surface area (Å²) in [7, 11) is 0. The largest absolute Gasteiger partial charge is 0.348 e. The van der Waals surface area contributed by atoms with Crippen molar-refractivity contribution in [3.05, 3.63) is 71.3 Å². The predicted octanol–water partition coefficient (Wildman–Crippen LogP) is 2.89. The molecule has 2 rings (SSSR count). The highest BCUT2D eigenvalue weighted by Gasteiger charge is 2.05. The lowest BCUT2D eigenvalue weighted by Gasteiger charge is -2.05. The van der Waals surface area contributed by atoms with Gasteiger partial charge in [0.25, 0.3) is 5.91 Å². The third kappa shape index (κ3) is 3.13. The summed E-state index contributed by atoms with van der Waals surface area (Å²) in [5.41, 5.74) is 1.04. The van der Waals surface area contributed by atoms with E-state index in [1.165, 1.54) is 36.4 Å². The van der Waals surface area contributed by atoms with Crippen LogP contribution in [0.25, 0.3) is 0 Å². The minimum absolute atomic E-state index is 0.230. The molecule has 0 aliphatic rings. The first-order valence-corrected chi connectivity index (χ1v) is 5.43. The molecule has 0 saturated carbocycles. The van der Waals surface area contributed by atoms with E-state index in [0.29, 0.717) is 11.1 Å². The van der Waals surface area contributed by atoms with Gasteiger partial charge in [-0.05, 0) is 42.0 Å². The third-order valence-corrected chi connectivity index (χ3v) is 2.45. The van der Waals surface area contributed by atoms with E-state index < -0.39 is 5.82 Å². The Morgan fingerprint density at radius 3 is 2.39 bits per heavy atom. The predicted molar refractivity (Wildman–Crippen MR) is 64.0 cm³/mol. The van der Waals surface area contributed by atoms with Crippen molar-refractivity contribution in [2.45, 2.75) is 6.54 Å². The molecule has 0 heterocycles. The van der Waals surface area contributed by atoms with Crippen LogP contribution in [0.15, 0.2) is 48.5 Å². The average molecular weight is 247 g/mol. The quantitative estimate of drug-likeness (QED) is 0.887. The summed E-state index contributed by atoms with van der Waals surface area (Å²) in [6.45, 7) is 0.230. The molecule has 0 atom stereocenters. The monoisotopic (exact) mass is 247 g/mol. The number of benzene rings is 2. The highest BCUT2D eigenvalue weighted by molar-refractivity contribution is 5.94. The van der Waals surface area contributed by atoms with Gasteiger partial charge in [0.2, 0.25) is 0 Å². The molecule has 0 fully saturated rings. The molecule has 1 amide bonds. The summed E-state index contributed by atoms with van der Waals surface area (Å²) in [5.74, 6) is -1.06. The van der Waals surface area contributed by atoms with Gasteiger partial charge in [0, 0.05) is 12.1 Å². The number of carbonyl (C=O) groups is 1. The number of amides is 1. The molecule has 0 aliphatic carbocycles. The number of hydrogen-bond acceptors (Lipinski definition) is 1. The Morgan fingerprint density at radius 1 is 1.00 bits per heavy atom. The average Bonchev–Trinajstić information content (AvgIpc) is 2.37. The van der Waals surface area contributed by atoms with Crippen molar-refractivity contribution in [3.63, 3.8) is 0 Å². The fraction of sp³-hybridized carbons (Fsp3) is 0.0714. The van der Waals surface area contributed by atoms with E-state index >= 15 is 0 Å². The van der Waals surface area contributed by atoms with Gasteiger partial charge in [0.05, 0.1) is 0 Å². The van der Waals surface area contributed by atoms with E-state index in [1.807, 2.05) is 0 Å². The van der Waals surface area contributed by atoms with E-state index in [1.54, 1.807) is 12.1 Å². The maximum atomic E-state index is 12.9. The number of rotatable bonds is 3. The summed E-state index contributed by atoms with van der Waals surface area (Å²) in [6, 6.07) is 11.2. The molecule has 0 aromatic heterocycles. The van der Waals surface area contributed by atoms with Crippen LogP contribution in [0.2, 0.25) is 0 Å². The van der Waals surface area contributed by atoms with Gasteiger partial charge in [-0.2, -0.15) is 0 Å². The van der Waals surface area contributed by atoms with E-state index in [9.17, 15) is 13.6 Å². The second kappa shape index (κ2) is 5.40. The number of hydrogen-bond donors (Lipinski definition) is 1. The van der Waals surface area contributed by atoms with Crippen molar-refractivity contribution in [2.75, 3.05) is 0 Å². The van der Waals surface area contributed by atoms with E-state index in [0.717, 1.165) is 0 Å². The molecule has 0 radical (unpaired) electrons. The van der Waals surface area contributed by atoms with E-state index in [-0.39, 0.29) is 18.3 Å². The number of nitrogens with one attached hydrogen (secondary N) is 1. The van der Waals surface area contributed by atoms with E-state index in [4.69, 9.17) is 0 Å². The van der Waals surface area contributed by atoms with Gasteiger partial charge in [-0.15, -0.1) is 0 Å². The molecule has 18 heavy (non-hydrogen) atoms. The molecule has 1 N–H and O–H groups in total. The Morgan fingerprint density at radius 2 is 1.72 bits per heavy atom. The first-order chi connectivity index (χ1) is 8.65. The molecular formula is C14H11F2NO. The van der Waals surface area contributed by atoms with Crippen LogP contribution in [0.5, 0.6) is 0 Å². The third-order valence-electron chi connectivity index (χ3n) is 2.45. The minimum Gasteiger partial charge on any atom is -0.348 e. The van der Waals surface area contributed by atoms with Crippen molar-refractivity contribution in [1.82, 2.24) is 5.32 Å². The topological polar surface area (TPSA) is 29.1 Å². The Labute approximate surface area is 103 Å². The summed E-state index contributed by atoms with van der Waals surface area (Å²) >= 11 is 0.